The van der Waals surface area contributed by atoms with E-state index in [9.17, 15) is 13.2 Å². The van der Waals surface area contributed by atoms with Crippen molar-refractivity contribution in [1.29, 1.82) is 0 Å². The maximum atomic E-state index is 12.2. The van der Waals surface area contributed by atoms with Crippen LogP contribution in [0.15, 0.2) is 4.47 Å². The van der Waals surface area contributed by atoms with Crippen LogP contribution >= 0.6 is 15.9 Å². The van der Waals surface area contributed by atoms with Crippen LogP contribution in [0.5, 0.6) is 0 Å². The molecule has 1 aliphatic rings. The Morgan fingerprint density at radius 2 is 1.96 bits per heavy atom. The molecule has 0 bridgehead atoms. The second-order valence-electron chi connectivity index (χ2n) is 6.29. The van der Waals surface area contributed by atoms with Gasteiger partial charge in [-0.05, 0) is 49.0 Å². The minimum atomic E-state index is -3.14. The van der Waals surface area contributed by atoms with Crippen molar-refractivity contribution in [3.05, 3.63) is 15.9 Å². The van der Waals surface area contributed by atoms with Gasteiger partial charge in [0.25, 0.3) is 0 Å². The van der Waals surface area contributed by atoms with Crippen LogP contribution in [0.1, 0.15) is 30.7 Å². The second-order valence-corrected chi connectivity index (χ2v) is 9.06. The van der Waals surface area contributed by atoms with E-state index in [-0.39, 0.29) is 11.8 Å². The highest BCUT2D eigenvalue weighted by molar-refractivity contribution is 9.10. The van der Waals surface area contributed by atoms with Crippen molar-refractivity contribution < 1.29 is 13.2 Å². The van der Waals surface area contributed by atoms with Crippen molar-refractivity contribution in [1.82, 2.24) is 19.4 Å². The fraction of sp³-hybridized carbons (Fsp3) is 0.733. The highest BCUT2D eigenvalue weighted by atomic mass is 79.9. The van der Waals surface area contributed by atoms with Gasteiger partial charge in [0.15, 0.2) is 0 Å². The maximum absolute atomic E-state index is 12.2. The van der Waals surface area contributed by atoms with Gasteiger partial charge in [-0.15, -0.1) is 0 Å². The fourth-order valence-corrected chi connectivity index (χ4v) is 4.09. The number of rotatable bonds is 6. The summed E-state index contributed by atoms with van der Waals surface area (Å²) in [4.78, 5) is 12.2. The number of amides is 1. The van der Waals surface area contributed by atoms with Gasteiger partial charge in [0.1, 0.15) is 0 Å². The van der Waals surface area contributed by atoms with Crippen molar-refractivity contribution in [3.63, 3.8) is 0 Å². The number of nitrogens with zero attached hydrogens (tertiary/aromatic N) is 3. The lowest BCUT2D eigenvalue weighted by Crippen LogP contribution is -2.42. The molecule has 2 heterocycles. The highest BCUT2D eigenvalue weighted by Crippen LogP contribution is 2.20. The summed E-state index contributed by atoms with van der Waals surface area (Å²) in [6.45, 7) is 6.18. The average Bonchev–Trinajstić information content (AvgIpc) is 2.78. The van der Waals surface area contributed by atoms with Crippen LogP contribution in [0.4, 0.5) is 0 Å². The third-order valence-electron chi connectivity index (χ3n) is 4.43. The summed E-state index contributed by atoms with van der Waals surface area (Å²) < 4.78 is 27.4. The van der Waals surface area contributed by atoms with Crippen LogP contribution in [0.25, 0.3) is 0 Å². The normalized spacial score (nSPS) is 17.2. The molecule has 0 atom stereocenters. The van der Waals surface area contributed by atoms with E-state index in [4.69, 9.17) is 0 Å². The summed E-state index contributed by atoms with van der Waals surface area (Å²) in [5, 5.41) is 7.40. The number of halogens is 1. The van der Waals surface area contributed by atoms with Gasteiger partial charge in [-0.3, -0.25) is 9.48 Å². The molecule has 0 saturated carbocycles. The van der Waals surface area contributed by atoms with Gasteiger partial charge in [-0.1, -0.05) is 0 Å². The predicted molar refractivity (Wildman–Crippen MR) is 96.2 cm³/mol. The summed E-state index contributed by atoms with van der Waals surface area (Å²) in [7, 11) is -3.14. The van der Waals surface area contributed by atoms with Gasteiger partial charge < -0.3 is 5.32 Å². The monoisotopic (exact) mass is 420 g/mol. The molecule has 1 aromatic rings. The largest absolute Gasteiger partial charge is 0.356 e. The molecule has 136 valence electrons. The molecular weight excluding hydrogens is 396 g/mol. The van der Waals surface area contributed by atoms with E-state index in [1.807, 2.05) is 18.5 Å². The Morgan fingerprint density at radius 1 is 1.33 bits per heavy atom. The zero-order valence-corrected chi connectivity index (χ0v) is 16.8. The molecule has 1 aliphatic heterocycles. The van der Waals surface area contributed by atoms with Crippen LogP contribution in [-0.4, -0.2) is 54.3 Å². The molecule has 1 amide bonds. The van der Waals surface area contributed by atoms with Crippen molar-refractivity contribution in [3.8, 4) is 0 Å². The number of sulfonamides is 1. The molecule has 24 heavy (non-hydrogen) atoms. The first-order valence-corrected chi connectivity index (χ1v) is 10.8. The quantitative estimate of drug-likeness (QED) is 0.705. The van der Waals surface area contributed by atoms with Crippen LogP contribution in [0.2, 0.25) is 0 Å². The molecule has 1 aromatic heterocycles. The Hall–Kier alpha value is -0.930. The zero-order valence-electron chi connectivity index (χ0n) is 14.4. The fourth-order valence-electron chi connectivity index (χ4n) is 2.93. The Labute approximate surface area is 152 Å². The molecular formula is C15H25BrN4O3S. The molecule has 1 saturated heterocycles. The lowest BCUT2D eigenvalue weighted by molar-refractivity contribution is -0.126. The smallest absolute Gasteiger partial charge is 0.223 e. The minimum Gasteiger partial charge on any atom is -0.356 e. The van der Waals surface area contributed by atoms with E-state index in [1.54, 1.807) is 0 Å². The number of aryl methyl sites for hydroxylation is 2. The van der Waals surface area contributed by atoms with E-state index in [1.165, 1.54) is 10.6 Å². The third-order valence-corrected chi connectivity index (χ3v) is 6.88. The number of piperidine rings is 1. The van der Waals surface area contributed by atoms with Gasteiger partial charge in [0.2, 0.25) is 15.9 Å². The van der Waals surface area contributed by atoms with Gasteiger partial charge in [-0.2, -0.15) is 5.10 Å². The predicted octanol–water partition coefficient (Wildman–Crippen LogP) is 1.44. The Morgan fingerprint density at radius 3 is 2.46 bits per heavy atom. The number of carbonyl (C=O) groups is 1. The lowest BCUT2D eigenvalue weighted by atomic mass is 9.97. The molecule has 0 aliphatic carbocycles. The Kier molecular flexibility index (Phi) is 6.44. The van der Waals surface area contributed by atoms with Crippen molar-refractivity contribution in [2.75, 3.05) is 25.9 Å². The first kappa shape index (κ1) is 19.4. The first-order valence-electron chi connectivity index (χ1n) is 8.12. The number of hydrogen-bond donors (Lipinski definition) is 1. The maximum Gasteiger partial charge on any atom is 0.223 e. The van der Waals surface area contributed by atoms with Gasteiger partial charge >= 0.3 is 0 Å². The molecule has 0 spiro atoms. The summed E-state index contributed by atoms with van der Waals surface area (Å²) >= 11 is 3.50. The molecule has 1 N–H and O–H groups in total. The van der Waals surface area contributed by atoms with Crippen LogP contribution in [-0.2, 0) is 21.4 Å². The molecule has 0 radical (unpaired) electrons. The van der Waals surface area contributed by atoms with E-state index in [2.05, 4.69) is 26.3 Å². The third kappa shape index (κ3) is 4.80. The molecule has 1 fully saturated rings. The summed E-state index contributed by atoms with van der Waals surface area (Å²) in [5.41, 5.74) is 2.06. The number of carbonyl (C=O) groups excluding carboxylic acids is 1. The lowest BCUT2D eigenvalue weighted by Gasteiger charge is -2.29. The zero-order chi connectivity index (χ0) is 17.9. The van der Waals surface area contributed by atoms with Gasteiger partial charge in [0.05, 0.1) is 16.4 Å². The highest BCUT2D eigenvalue weighted by Gasteiger charge is 2.28. The molecule has 2 rings (SSSR count). The second kappa shape index (κ2) is 7.97. The Balaban J connectivity index is 1.71. The van der Waals surface area contributed by atoms with Gasteiger partial charge in [0, 0.05) is 37.8 Å². The minimum absolute atomic E-state index is 0.0256. The topological polar surface area (TPSA) is 84.3 Å². The molecule has 0 aromatic carbocycles. The molecule has 9 heteroatoms. The number of hydrogen-bond acceptors (Lipinski definition) is 4. The summed E-state index contributed by atoms with van der Waals surface area (Å²) in [6, 6.07) is 0. The average molecular weight is 421 g/mol. The SMILES string of the molecule is Cc1nn(CCCNC(=O)C2CCN(S(C)(=O)=O)CC2)c(C)c1Br. The standard InChI is InChI=1S/C15H25BrN4O3S/c1-11-14(16)12(2)20(18-11)8-4-7-17-15(21)13-5-9-19(10-6-13)24(3,22)23/h13H,4-10H2,1-3H3,(H,17,21). The van der Waals surface area contributed by atoms with Crippen LogP contribution in [0, 0.1) is 19.8 Å². The van der Waals surface area contributed by atoms with Gasteiger partial charge in [-0.25, -0.2) is 12.7 Å². The molecule has 7 nitrogen and oxygen atoms in total. The Bertz CT molecular complexity index is 694. The van der Waals surface area contributed by atoms with Crippen molar-refractivity contribution in [2.24, 2.45) is 5.92 Å². The van der Waals surface area contributed by atoms with Crippen molar-refractivity contribution >= 4 is 31.9 Å². The van der Waals surface area contributed by atoms with E-state index in [0.717, 1.165) is 28.8 Å². The van der Waals surface area contributed by atoms with Crippen molar-refractivity contribution in [2.45, 2.75) is 39.7 Å². The summed E-state index contributed by atoms with van der Waals surface area (Å²) in [6.07, 6.45) is 3.19. The van der Waals surface area contributed by atoms with E-state index in [0.29, 0.717) is 32.5 Å². The van der Waals surface area contributed by atoms with Crippen LogP contribution in [0.3, 0.4) is 0 Å². The first-order chi connectivity index (χ1) is 11.2. The van der Waals surface area contributed by atoms with E-state index >= 15 is 0 Å². The number of nitrogens with one attached hydrogen (secondary N) is 1. The molecule has 0 unspecified atom stereocenters. The summed E-state index contributed by atoms with van der Waals surface area (Å²) in [5.74, 6) is -0.0662. The number of aromatic nitrogens is 2. The van der Waals surface area contributed by atoms with E-state index < -0.39 is 10.0 Å². The van der Waals surface area contributed by atoms with Crippen LogP contribution < -0.4 is 5.32 Å².